The number of carbonyl (C=O) groups excluding carboxylic acids is 1. The number of alkyl carbamates (subject to hydrolysis) is 1. The molecule has 1 amide bonds. The fraction of sp³-hybridized carbons (Fsp3) is 0.636. The Kier molecular flexibility index (Phi) is 8.64. The molecule has 180 valence electrons. The zero-order chi connectivity index (χ0) is 24.0. The fourth-order valence-electron chi connectivity index (χ4n) is 3.39. The van der Waals surface area contributed by atoms with E-state index in [0.717, 1.165) is 17.1 Å². The molecule has 1 aromatic carbocycles. The van der Waals surface area contributed by atoms with Crippen LogP contribution in [0.3, 0.4) is 0 Å². The Morgan fingerprint density at radius 1 is 1.25 bits per heavy atom. The number of benzene rings is 1. The van der Waals surface area contributed by atoms with Gasteiger partial charge < -0.3 is 9.47 Å². The van der Waals surface area contributed by atoms with E-state index in [1.807, 2.05) is 0 Å². The first-order chi connectivity index (χ1) is 14.9. The minimum Gasteiger partial charge on any atom is -0.444 e. The Balaban J connectivity index is 2.42. The number of hydrogen-bond donors (Lipinski definition) is 1. The standard InChI is InChI=1S/C22H34FN3O5S/c1-6-7-14-30-15-10-13-22(17-11-8-9-12-18(17)23)16-32(28,29)26(5)19(25-22)24-20(27)31-21(2,3)4/h8-9,11-12H,6-7,10,13-16H2,1-5H3,(H,24,25,27). The quantitative estimate of drug-likeness (QED) is 0.582. The van der Waals surface area contributed by atoms with E-state index in [4.69, 9.17) is 9.47 Å². The van der Waals surface area contributed by atoms with Crippen molar-refractivity contribution in [3.63, 3.8) is 0 Å². The minimum atomic E-state index is -3.90. The smallest absolute Gasteiger partial charge is 0.414 e. The Labute approximate surface area is 190 Å². The molecule has 8 nitrogen and oxygen atoms in total. The second-order valence-corrected chi connectivity index (χ2v) is 10.9. The number of unbranched alkanes of at least 4 members (excludes halogenated alkanes) is 1. The average Bonchev–Trinajstić information content (AvgIpc) is 2.67. The number of amides is 1. The highest BCUT2D eigenvalue weighted by atomic mass is 32.2. The summed E-state index contributed by atoms with van der Waals surface area (Å²) in [5.41, 5.74) is -2.03. The summed E-state index contributed by atoms with van der Waals surface area (Å²) in [5, 5.41) is 2.43. The van der Waals surface area contributed by atoms with E-state index in [-0.39, 0.29) is 17.9 Å². The van der Waals surface area contributed by atoms with E-state index in [0.29, 0.717) is 19.6 Å². The number of aliphatic imine (C=N–C) groups is 1. The van der Waals surface area contributed by atoms with Gasteiger partial charge in [0.25, 0.3) is 0 Å². The Morgan fingerprint density at radius 2 is 1.91 bits per heavy atom. The van der Waals surface area contributed by atoms with Crippen LogP contribution in [0.4, 0.5) is 9.18 Å². The Morgan fingerprint density at radius 3 is 2.53 bits per heavy atom. The van der Waals surface area contributed by atoms with Crippen molar-refractivity contribution in [2.24, 2.45) is 4.99 Å². The largest absolute Gasteiger partial charge is 0.444 e. The molecule has 32 heavy (non-hydrogen) atoms. The van der Waals surface area contributed by atoms with Crippen LogP contribution in [-0.2, 0) is 25.0 Å². The topological polar surface area (TPSA) is 97.3 Å². The van der Waals surface area contributed by atoms with Crippen LogP contribution in [0.25, 0.3) is 0 Å². The molecule has 0 saturated carbocycles. The summed E-state index contributed by atoms with van der Waals surface area (Å²) >= 11 is 0. The zero-order valence-corrected chi connectivity index (χ0v) is 20.3. The molecule has 1 aromatic rings. The molecule has 1 aliphatic heterocycles. The van der Waals surface area contributed by atoms with Gasteiger partial charge in [0, 0.05) is 25.8 Å². The second-order valence-electron chi connectivity index (χ2n) is 8.87. The Bertz CT molecular complexity index is 930. The van der Waals surface area contributed by atoms with Crippen molar-refractivity contribution < 1.29 is 27.1 Å². The maximum absolute atomic E-state index is 14.8. The zero-order valence-electron chi connectivity index (χ0n) is 19.5. The highest BCUT2D eigenvalue weighted by molar-refractivity contribution is 7.89. The molecule has 0 radical (unpaired) electrons. The summed E-state index contributed by atoms with van der Waals surface area (Å²) in [4.78, 5) is 16.9. The number of rotatable bonds is 8. The van der Waals surface area contributed by atoms with E-state index in [2.05, 4.69) is 17.2 Å². The molecule has 1 heterocycles. The van der Waals surface area contributed by atoms with Gasteiger partial charge in [-0.2, -0.15) is 0 Å². The van der Waals surface area contributed by atoms with Crippen molar-refractivity contribution in [2.45, 2.75) is 64.5 Å². The third kappa shape index (κ3) is 6.90. The van der Waals surface area contributed by atoms with E-state index in [9.17, 15) is 17.6 Å². The molecule has 1 aliphatic rings. The lowest BCUT2D eigenvalue weighted by Gasteiger charge is -2.38. The van der Waals surface area contributed by atoms with E-state index >= 15 is 0 Å². The van der Waals surface area contributed by atoms with Crippen LogP contribution in [0, 0.1) is 5.82 Å². The van der Waals surface area contributed by atoms with Crippen LogP contribution in [0.1, 0.15) is 58.9 Å². The molecular formula is C22H34FN3O5S. The number of guanidine groups is 1. The van der Waals surface area contributed by atoms with Gasteiger partial charge in [-0.1, -0.05) is 31.5 Å². The molecule has 0 fully saturated rings. The molecule has 1 N–H and O–H groups in total. The summed E-state index contributed by atoms with van der Waals surface area (Å²) in [6.45, 7) is 8.15. The van der Waals surface area contributed by atoms with Gasteiger partial charge in [0.2, 0.25) is 16.0 Å². The van der Waals surface area contributed by atoms with Gasteiger partial charge in [0.1, 0.15) is 17.0 Å². The minimum absolute atomic E-state index is 0.161. The van der Waals surface area contributed by atoms with Gasteiger partial charge in [0.05, 0.1) is 5.75 Å². The van der Waals surface area contributed by atoms with Crippen LogP contribution in [0.15, 0.2) is 29.3 Å². The van der Waals surface area contributed by atoms with Crippen molar-refractivity contribution in [1.29, 1.82) is 0 Å². The molecule has 0 aromatic heterocycles. The van der Waals surface area contributed by atoms with Crippen LogP contribution in [-0.4, -0.2) is 56.4 Å². The Hall–Kier alpha value is -2.20. The first kappa shape index (κ1) is 26.1. The number of ether oxygens (including phenoxy) is 2. The molecule has 1 atom stereocenters. The van der Waals surface area contributed by atoms with Crippen LogP contribution in [0.2, 0.25) is 0 Å². The van der Waals surface area contributed by atoms with Gasteiger partial charge in [-0.15, -0.1) is 0 Å². The molecule has 0 spiro atoms. The molecule has 10 heteroatoms. The van der Waals surface area contributed by atoms with Crippen molar-refractivity contribution in [2.75, 3.05) is 26.0 Å². The lowest BCUT2D eigenvalue weighted by Crippen LogP contribution is -2.55. The molecule has 2 rings (SSSR count). The molecule has 0 saturated heterocycles. The maximum atomic E-state index is 14.8. The predicted octanol–water partition coefficient (Wildman–Crippen LogP) is 3.77. The SMILES string of the molecule is CCCCOCCCC1(c2ccccc2F)CS(=O)(=O)N(C)C(NC(=O)OC(C)(C)C)=N1. The molecule has 0 bridgehead atoms. The number of nitrogens with zero attached hydrogens (tertiary/aromatic N) is 2. The van der Waals surface area contributed by atoms with Crippen molar-refractivity contribution in [3.05, 3.63) is 35.6 Å². The van der Waals surface area contributed by atoms with Crippen LogP contribution < -0.4 is 5.32 Å². The molecule has 1 unspecified atom stereocenters. The third-order valence-corrected chi connectivity index (χ3v) is 6.82. The highest BCUT2D eigenvalue weighted by Crippen LogP contribution is 2.38. The van der Waals surface area contributed by atoms with Crippen molar-refractivity contribution in [3.8, 4) is 0 Å². The first-order valence-corrected chi connectivity index (χ1v) is 12.4. The summed E-state index contributed by atoms with van der Waals surface area (Å²) in [7, 11) is -2.60. The summed E-state index contributed by atoms with van der Waals surface area (Å²) < 4.78 is 52.6. The van der Waals surface area contributed by atoms with Crippen molar-refractivity contribution in [1.82, 2.24) is 9.62 Å². The van der Waals surface area contributed by atoms with Crippen LogP contribution in [0.5, 0.6) is 0 Å². The number of hydrogen-bond acceptors (Lipinski definition) is 6. The average molecular weight is 472 g/mol. The van der Waals surface area contributed by atoms with Gasteiger partial charge in [-0.25, -0.2) is 26.9 Å². The number of sulfonamides is 1. The first-order valence-electron chi connectivity index (χ1n) is 10.8. The second kappa shape index (κ2) is 10.6. The van der Waals surface area contributed by atoms with Crippen LogP contribution >= 0.6 is 0 Å². The lowest BCUT2D eigenvalue weighted by molar-refractivity contribution is 0.0558. The number of nitrogens with one attached hydrogen (secondary N) is 1. The normalized spacial score (nSPS) is 20.6. The predicted molar refractivity (Wildman–Crippen MR) is 121 cm³/mol. The summed E-state index contributed by atoms with van der Waals surface area (Å²) in [6, 6.07) is 5.98. The monoisotopic (exact) mass is 471 g/mol. The van der Waals surface area contributed by atoms with Gasteiger partial charge in [0.15, 0.2) is 0 Å². The highest BCUT2D eigenvalue weighted by Gasteiger charge is 2.45. The third-order valence-electron chi connectivity index (χ3n) is 4.97. The summed E-state index contributed by atoms with van der Waals surface area (Å²) in [6.07, 6.45) is 1.80. The van der Waals surface area contributed by atoms with Crippen molar-refractivity contribution >= 4 is 22.1 Å². The summed E-state index contributed by atoms with van der Waals surface area (Å²) in [5.74, 6) is -1.19. The molecular weight excluding hydrogens is 437 g/mol. The van der Waals surface area contributed by atoms with E-state index < -0.39 is 38.8 Å². The van der Waals surface area contributed by atoms with Gasteiger partial charge >= 0.3 is 6.09 Å². The van der Waals surface area contributed by atoms with Gasteiger partial charge in [-0.3, -0.25) is 5.32 Å². The lowest BCUT2D eigenvalue weighted by atomic mass is 9.87. The fourth-order valence-corrected chi connectivity index (χ4v) is 4.90. The molecule has 0 aliphatic carbocycles. The van der Waals surface area contributed by atoms with Gasteiger partial charge in [-0.05, 0) is 46.1 Å². The maximum Gasteiger partial charge on any atom is 0.414 e. The van der Waals surface area contributed by atoms with E-state index in [1.54, 1.807) is 26.8 Å². The van der Waals surface area contributed by atoms with E-state index in [1.165, 1.54) is 25.2 Å². The number of carbonyl (C=O) groups is 1. The number of halogens is 1.